The number of nitrogens with zero attached hydrogens (tertiary/aromatic N) is 4. The summed E-state index contributed by atoms with van der Waals surface area (Å²) in [6.45, 7) is 5.33. The van der Waals surface area contributed by atoms with Gasteiger partial charge in [-0.3, -0.25) is 0 Å². The van der Waals surface area contributed by atoms with Crippen LogP contribution in [0.4, 0.5) is 5.82 Å². The third-order valence-electron chi connectivity index (χ3n) is 4.92. The normalized spacial score (nSPS) is 29.0. The molecule has 1 saturated carbocycles. The molecule has 2 heterocycles. The monoisotopic (exact) mass is 291 g/mol. The molecule has 21 heavy (non-hydrogen) atoms. The Balaban J connectivity index is 1.98. The fourth-order valence-electron chi connectivity index (χ4n) is 3.58. The molecule has 1 aliphatic carbocycles. The molecular weight excluding hydrogens is 270 g/mol. The number of nitrogens with two attached hydrogens (primary N) is 1. The van der Waals surface area contributed by atoms with Gasteiger partial charge in [0.1, 0.15) is 0 Å². The molecular formula is C14H21N5O2. The van der Waals surface area contributed by atoms with Crippen LogP contribution in [-0.4, -0.2) is 45.5 Å². The zero-order valence-corrected chi connectivity index (χ0v) is 12.3. The lowest BCUT2D eigenvalue weighted by Crippen LogP contribution is -2.29. The number of aryl methyl sites for hydroxylation is 1. The van der Waals surface area contributed by atoms with Gasteiger partial charge in [-0.15, -0.1) is 5.10 Å². The molecule has 3 atom stereocenters. The summed E-state index contributed by atoms with van der Waals surface area (Å²) >= 11 is 0. The van der Waals surface area contributed by atoms with E-state index in [9.17, 15) is 5.11 Å². The summed E-state index contributed by atoms with van der Waals surface area (Å²) in [5, 5.41) is 30.6. The fraction of sp³-hybridized carbons (Fsp3) is 0.643. The van der Waals surface area contributed by atoms with E-state index in [0.29, 0.717) is 17.3 Å². The van der Waals surface area contributed by atoms with Crippen LogP contribution in [0.1, 0.15) is 29.7 Å². The summed E-state index contributed by atoms with van der Waals surface area (Å²) in [5.74, 6) is 1.48. The molecule has 4 N–H and O–H groups in total. The number of rotatable bonds is 2. The van der Waals surface area contributed by atoms with E-state index in [2.05, 4.69) is 20.3 Å². The summed E-state index contributed by atoms with van der Waals surface area (Å²) in [4.78, 5) is 2.10. The molecule has 0 aromatic carbocycles. The van der Waals surface area contributed by atoms with Crippen LogP contribution < -0.4 is 10.6 Å². The molecule has 1 aliphatic heterocycles. The fourth-order valence-corrected chi connectivity index (χ4v) is 3.58. The van der Waals surface area contributed by atoms with Gasteiger partial charge in [0.2, 0.25) is 0 Å². The van der Waals surface area contributed by atoms with Crippen molar-refractivity contribution in [2.24, 2.45) is 22.7 Å². The van der Waals surface area contributed by atoms with Crippen molar-refractivity contribution < 1.29 is 10.3 Å². The maximum absolute atomic E-state index is 10.0. The Labute approximate surface area is 123 Å². The number of oxime groups is 1. The molecule has 3 rings (SSSR count). The van der Waals surface area contributed by atoms with Crippen LogP contribution in [0.15, 0.2) is 5.16 Å². The van der Waals surface area contributed by atoms with Crippen molar-refractivity contribution in [1.82, 2.24) is 10.2 Å². The van der Waals surface area contributed by atoms with Gasteiger partial charge in [0.25, 0.3) is 0 Å². The van der Waals surface area contributed by atoms with E-state index in [4.69, 9.17) is 10.9 Å². The highest BCUT2D eigenvalue weighted by molar-refractivity contribution is 6.02. The van der Waals surface area contributed by atoms with Gasteiger partial charge in [0, 0.05) is 19.0 Å². The van der Waals surface area contributed by atoms with E-state index in [0.717, 1.165) is 37.2 Å². The summed E-state index contributed by atoms with van der Waals surface area (Å²) in [6.07, 6.45) is 1.70. The first kappa shape index (κ1) is 14.1. The van der Waals surface area contributed by atoms with Gasteiger partial charge in [-0.25, -0.2) is 0 Å². The van der Waals surface area contributed by atoms with Crippen LogP contribution in [0.25, 0.3) is 0 Å². The number of anilines is 1. The molecule has 7 nitrogen and oxygen atoms in total. The molecule has 2 aliphatic rings. The van der Waals surface area contributed by atoms with E-state index >= 15 is 0 Å². The van der Waals surface area contributed by atoms with Gasteiger partial charge >= 0.3 is 0 Å². The number of aliphatic hydroxyl groups is 1. The molecule has 0 radical (unpaired) electrons. The van der Waals surface area contributed by atoms with Gasteiger partial charge < -0.3 is 20.9 Å². The Hall–Kier alpha value is -1.89. The van der Waals surface area contributed by atoms with E-state index in [-0.39, 0.29) is 17.9 Å². The van der Waals surface area contributed by atoms with E-state index < -0.39 is 0 Å². The zero-order valence-electron chi connectivity index (χ0n) is 12.3. The van der Waals surface area contributed by atoms with Gasteiger partial charge in [-0.2, -0.15) is 5.10 Å². The minimum absolute atomic E-state index is 0.0538. The van der Waals surface area contributed by atoms with Crippen molar-refractivity contribution in [3.8, 4) is 0 Å². The summed E-state index contributed by atoms with van der Waals surface area (Å²) in [7, 11) is 0. The van der Waals surface area contributed by atoms with Crippen molar-refractivity contribution in [2.45, 2.75) is 32.8 Å². The van der Waals surface area contributed by atoms with Crippen LogP contribution in [0.3, 0.4) is 0 Å². The third-order valence-corrected chi connectivity index (χ3v) is 4.92. The molecule has 3 unspecified atom stereocenters. The molecule has 0 bridgehead atoms. The van der Waals surface area contributed by atoms with Gasteiger partial charge in [-0.05, 0) is 38.2 Å². The second kappa shape index (κ2) is 5.14. The molecule has 0 spiro atoms. The number of amidine groups is 1. The zero-order chi connectivity index (χ0) is 15.1. The molecule has 7 heteroatoms. The summed E-state index contributed by atoms with van der Waals surface area (Å²) in [5.41, 5.74) is 8.10. The molecule has 1 aromatic heterocycles. The Morgan fingerprint density at radius 1 is 1.29 bits per heavy atom. The SMILES string of the molecule is Cc1nnc(N2CC3CCC(O)C3C2)c(C(N)=NO)c1C. The first-order valence-electron chi connectivity index (χ1n) is 7.27. The predicted molar refractivity (Wildman–Crippen MR) is 78.5 cm³/mol. The highest BCUT2D eigenvalue weighted by Crippen LogP contribution is 2.40. The minimum atomic E-state index is -0.230. The second-order valence-electron chi connectivity index (χ2n) is 6.07. The van der Waals surface area contributed by atoms with Gasteiger partial charge in [-0.1, -0.05) is 5.16 Å². The minimum Gasteiger partial charge on any atom is -0.409 e. The summed E-state index contributed by atoms with van der Waals surface area (Å²) in [6, 6.07) is 0. The van der Waals surface area contributed by atoms with Crippen molar-refractivity contribution in [1.29, 1.82) is 0 Å². The lowest BCUT2D eigenvalue weighted by atomic mass is 10.00. The van der Waals surface area contributed by atoms with Gasteiger partial charge in [0.05, 0.1) is 17.4 Å². The molecule has 1 aromatic rings. The highest BCUT2D eigenvalue weighted by atomic mass is 16.4. The Morgan fingerprint density at radius 2 is 2.05 bits per heavy atom. The standard InChI is InChI=1S/C14H21N5O2/c1-7-8(2)16-17-14(12(7)13(15)18-21)19-5-9-3-4-11(20)10(9)6-19/h9-11,20-21H,3-6H2,1-2H3,(H2,15,18). The molecule has 114 valence electrons. The number of aromatic nitrogens is 2. The Bertz CT molecular complexity index is 589. The lowest BCUT2D eigenvalue weighted by Gasteiger charge is -2.22. The van der Waals surface area contributed by atoms with Crippen LogP contribution in [0.2, 0.25) is 0 Å². The molecule has 1 saturated heterocycles. The number of hydrogen-bond donors (Lipinski definition) is 3. The first-order chi connectivity index (χ1) is 10.0. The molecule has 0 amide bonds. The Morgan fingerprint density at radius 3 is 2.71 bits per heavy atom. The average Bonchev–Trinajstić information content (AvgIpc) is 3.03. The second-order valence-corrected chi connectivity index (χ2v) is 6.07. The summed E-state index contributed by atoms with van der Waals surface area (Å²) < 4.78 is 0. The quantitative estimate of drug-likeness (QED) is 0.315. The van der Waals surface area contributed by atoms with Crippen molar-refractivity contribution in [3.63, 3.8) is 0 Å². The Kier molecular flexibility index (Phi) is 3.44. The molecule has 2 fully saturated rings. The number of hydrogen-bond acceptors (Lipinski definition) is 6. The van der Waals surface area contributed by atoms with Crippen molar-refractivity contribution in [2.75, 3.05) is 18.0 Å². The van der Waals surface area contributed by atoms with E-state index in [1.165, 1.54) is 0 Å². The first-order valence-corrected chi connectivity index (χ1v) is 7.27. The maximum atomic E-state index is 10.0. The van der Waals surface area contributed by atoms with E-state index in [1.54, 1.807) is 0 Å². The van der Waals surface area contributed by atoms with Crippen LogP contribution >= 0.6 is 0 Å². The van der Waals surface area contributed by atoms with Crippen LogP contribution in [0, 0.1) is 25.7 Å². The average molecular weight is 291 g/mol. The largest absolute Gasteiger partial charge is 0.409 e. The lowest BCUT2D eigenvalue weighted by molar-refractivity contribution is 0.133. The van der Waals surface area contributed by atoms with E-state index in [1.807, 2.05) is 13.8 Å². The highest BCUT2D eigenvalue weighted by Gasteiger charge is 2.43. The number of fused-ring (bicyclic) bond motifs is 1. The van der Waals surface area contributed by atoms with Crippen LogP contribution in [-0.2, 0) is 0 Å². The topological polar surface area (TPSA) is 108 Å². The van der Waals surface area contributed by atoms with Crippen molar-refractivity contribution in [3.05, 3.63) is 16.8 Å². The van der Waals surface area contributed by atoms with Gasteiger partial charge in [0.15, 0.2) is 11.7 Å². The maximum Gasteiger partial charge on any atom is 0.174 e. The third kappa shape index (κ3) is 2.21. The number of aliphatic hydroxyl groups excluding tert-OH is 1. The van der Waals surface area contributed by atoms with Crippen LogP contribution in [0.5, 0.6) is 0 Å². The smallest absolute Gasteiger partial charge is 0.174 e. The predicted octanol–water partition coefficient (Wildman–Crippen LogP) is 0.395. The van der Waals surface area contributed by atoms with Crippen molar-refractivity contribution >= 4 is 11.7 Å².